The third-order valence-electron chi connectivity index (χ3n) is 3.36. The SMILES string of the molecule is CCC(C)NC(CO)c1cncc2ccccc12. The summed E-state index contributed by atoms with van der Waals surface area (Å²) >= 11 is 0. The first-order chi connectivity index (χ1) is 8.76. The predicted molar refractivity (Wildman–Crippen MR) is 74.5 cm³/mol. The number of aromatic nitrogens is 1. The smallest absolute Gasteiger partial charge is 0.0627 e. The summed E-state index contributed by atoms with van der Waals surface area (Å²) in [6.07, 6.45) is 4.74. The Morgan fingerprint density at radius 2 is 2.06 bits per heavy atom. The van der Waals surface area contributed by atoms with Gasteiger partial charge in [-0.05, 0) is 24.3 Å². The molecule has 1 aromatic carbocycles. The molecular weight excluding hydrogens is 224 g/mol. The molecule has 0 spiro atoms. The van der Waals surface area contributed by atoms with Crippen molar-refractivity contribution >= 4 is 10.8 Å². The summed E-state index contributed by atoms with van der Waals surface area (Å²) in [5.74, 6) is 0. The third-order valence-corrected chi connectivity index (χ3v) is 3.36. The van der Waals surface area contributed by atoms with Gasteiger partial charge in [-0.1, -0.05) is 31.2 Å². The number of aliphatic hydroxyl groups excluding tert-OH is 1. The molecule has 18 heavy (non-hydrogen) atoms. The van der Waals surface area contributed by atoms with E-state index in [1.165, 1.54) is 0 Å². The first-order valence-electron chi connectivity index (χ1n) is 6.45. The molecule has 0 aliphatic carbocycles. The fraction of sp³-hybridized carbons (Fsp3) is 0.400. The van der Waals surface area contributed by atoms with Crippen LogP contribution >= 0.6 is 0 Å². The van der Waals surface area contributed by atoms with Gasteiger partial charge in [0, 0.05) is 23.8 Å². The summed E-state index contributed by atoms with van der Waals surface area (Å²) in [6.45, 7) is 4.34. The molecule has 0 amide bonds. The van der Waals surface area contributed by atoms with E-state index in [-0.39, 0.29) is 12.6 Å². The van der Waals surface area contributed by atoms with Gasteiger partial charge in [0.1, 0.15) is 0 Å². The molecule has 0 saturated carbocycles. The number of nitrogens with one attached hydrogen (secondary N) is 1. The van der Waals surface area contributed by atoms with Gasteiger partial charge in [-0.25, -0.2) is 0 Å². The zero-order valence-electron chi connectivity index (χ0n) is 10.9. The Morgan fingerprint density at radius 1 is 1.28 bits per heavy atom. The Balaban J connectivity index is 2.38. The Kier molecular flexibility index (Phi) is 4.28. The van der Waals surface area contributed by atoms with Crippen molar-refractivity contribution in [2.45, 2.75) is 32.4 Å². The second-order valence-corrected chi connectivity index (χ2v) is 4.66. The summed E-state index contributed by atoms with van der Waals surface area (Å²) in [5, 5.41) is 15.3. The van der Waals surface area contributed by atoms with E-state index in [1.807, 2.05) is 30.6 Å². The lowest BCUT2D eigenvalue weighted by Crippen LogP contribution is -2.32. The van der Waals surface area contributed by atoms with E-state index in [0.29, 0.717) is 6.04 Å². The molecule has 3 nitrogen and oxygen atoms in total. The van der Waals surface area contributed by atoms with E-state index >= 15 is 0 Å². The lowest BCUT2D eigenvalue weighted by Gasteiger charge is -2.22. The quantitative estimate of drug-likeness (QED) is 0.850. The zero-order valence-corrected chi connectivity index (χ0v) is 10.9. The predicted octanol–water partition coefficient (Wildman–Crippen LogP) is 2.66. The van der Waals surface area contributed by atoms with Gasteiger partial charge in [-0.15, -0.1) is 0 Å². The molecule has 0 aliphatic rings. The van der Waals surface area contributed by atoms with Crippen LogP contribution in [0.15, 0.2) is 36.7 Å². The van der Waals surface area contributed by atoms with Gasteiger partial charge in [-0.2, -0.15) is 0 Å². The monoisotopic (exact) mass is 244 g/mol. The van der Waals surface area contributed by atoms with Gasteiger partial charge >= 0.3 is 0 Å². The van der Waals surface area contributed by atoms with Gasteiger partial charge in [0.15, 0.2) is 0 Å². The van der Waals surface area contributed by atoms with Crippen LogP contribution in [0.4, 0.5) is 0 Å². The van der Waals surface area contributed by atoms with Crippen LogP contribution in [0.25, 0.3) is 10.8 Å². The van der Waals surface area contributed by atoms with Crippen LogP contribution in [0.3, 0.4) is 0 Å². The zero-order chi connectivity index (χ0) is 13.0. The molecule has 2 aromatic rings. The fourth-order valence-corrected chi connectivity index (χ4v) is 2.12. The Labute approximate surface area is 108 Å². The fourth-order valence-electron chi connectivity index (χ4n) is 2.12. The molecule has 1 aromatic heterocycles. The number of aliphatic hydroxyl groups is 1. The lowest BCUT2D eigenvalue weighted by atomic mass is 10.0. The maximum absolute atomic E-state index is 9.59. The number of nitrogens with zero attached hydrogens (tertiary/aromatic N) is 1. The number of hydrogen-bond donors (Lipinski definition) is 2. The summed E-state index contributed by atoms with van der Waals surface area (Å²) in [6, 6.07) is 8.46. The van der Waals surface area contributed by atoms with E-state index in [0.717, 1.165) is 22.8 Å². The topological polar surface area (TPSA) is 45.1 Å². The molecule has 1 heterocycles. The molecule has 2 N–H and O–H groups in total. The number of pyridine rings is 1. The minimum Gasteiger partial charge on any atom is -0.394 e. The summed E-state index contributed by atoms with van der Waals surface area (Å²) in [4.78, 5) is 4.26. The van der Waals surface area contributed by atoms with Gasteiger partial charge in [-0.3, -0.25) is 4.98 Å². The maximum Gasteiger partial charge on any atom is 0.0627 e. The minimum absolute atomic E-state index is 0.0569. The lowest BCUT2D eigenvalue weighted by molar-refractivity contribution is 0.234. The van der Waals surface area contributed by atoms with Crippen LogP contribution in [0.1, 0.15) is 31.9 Å². The number of hydrogen-bond acceptors (Lipinski definition) is 3. The first-order valence-corrected chi connectivity index (χ1v) is 6.45. The van der Waals surface area contributed by atoms with Crippen LogP contribution in [-0.4, -0.2) is 22.7 Å². The van der Waals surface area contributed by atoms with Crippen molar-refractivity contribution in [2.75, 3.05) is 6.61 Å². The minimum atomic E-state index is -0.0569. The van der Waals surface area contributed by atoms with Crippen LogP contribution < -0.4 is 5.32 Å². The Morgan fingerprint density at radius 3 is 2.78 bits per heavy atom. The van der Waals surface area contributed by atoms with Gasteiger partial charge in [0.05, 0.1) is 12.6 Å². The highest BCUT2D eigenvalue weighted by Crippen LogP contribution is 2.23. The van der Waals surface area contributed by atoms with Crippen molar-refractivity contribution in [2.24, 2.45) is 0 Å². The van der Waals surface area contributed by atoms with Crippen LogP contribution in [0, 0.1) is 0 Å². The van der Waals surface area contributed by atoms with Gasteiger partial charge in [0.2, 0.25) is 0 Å². The number of benzene rings is 1. The van der Waals surface area contributed by atoms with Crippen molar-refractivity contribution in [3.05, 3.63) is 42.2 Å². The summed E-state index contributed by atoms with van der Waals surface area (Å²) < 4.78 is 0. The molecule has 0 fully saturated rings. The van der Waals surface area contributed by atoms with Crippen molar-refractivity contribution < 1.29 is 5.11 Å². The molecule has 96 valence electrons. The third kappa shape index (κ3) is 2.68. The van der Waals surface area contributed by atoms with E-state index < -0.39 is 0 Å². The van der Waals surface area contributed by atoms with E-state index in [4.69, 9.17) is 0 Å². The second-order valence-electron chi connectivity index (χ2n) is 4.66. The molecule has 0 bridgehead atoms. The molecule has 2 atom stereocenters. The highest BCUT2D eigenvalue weighted by atomic mass is 16.3. The van der Waals surface area contributed by atoms with Crippen molar-refractivity contribution in [1.29, 1.82) is 0 Å². The normalized spacial score (nSPS) is 14.6. The van der Waals surface area contributed by atoms with Gasteiger partial charge < -0.3 is 10.4 Å². The van der Waals surface area contributed by atoms with Crippen molar-refractivity contribution in [3.8, 4) is 0 Å². The second kappa shape index (κ2) is 5.94. The van der Waals surface area contributed by atoms with Crippen molar-refractivity contribution in [1.82, 2.24) is 10.3 Å². The largest absolute Gasteiger partial charge is 0.394 e. The maximum atomic E-state index is 9.59. The Bertz CT molecular complexity index is 507. The molecule has 2 unspecified atom stereocenters. The standard InChI is InChI=1S/C15H20N2O/c1-3-11(2)17-15(10-18)14-9-16-8-12-6-4-5-7-13(12)14/h4-9,11,15,17-18H,3,10H2,1-2H3. The average molecular weight is 244 g/mol. The van der Waals surface area contributed by atoms with Crippen molar-refractivity contribution in [3.63, 3.8) is 0 Å². The van der Waals surface area contributed by atoms with Gasteiger partial charge in [0.25, 0.3) is 0 Å². The molecule has 0 aliphatic heterocycles. The highest BCUT2D eigenvalue weighted by Gasteiger charge is 2.15. The Hall–Kier alpha value is -1.45. The van der Waals surface area contributed by atoms with E-state index in [9.17, 15) is 5.11 Å². The summed E-state index contributed by atoms with van der Waals surface area (Å²) in [7, 11) is 0. The first kappa shape index (κ1) is 13.0. The molecule has 3 heteroatoms. The molecular formula is C15H20N2O. The number of rotatable bonds is 5. The number of fused-ring (bicyclic) bond motifs is 1. The molecule has 2 rings (SSSR count). The van der Waals surface area contributed by atoms with Crippen LogP contribution in [0.2, 0.25) is 0 Å². The van der Waals surface area contributed by atoms with Crippen LogP contribution in [-0.2, 0) is 0 Å². The average Bonchev–Trinajstić information content (AvgIpc) is 2.44. The van der Waals surface area contributed by atoms with Crippen LogP contribution in [0.5, 0.6) is 0 Å². The molecule has 0 radical (unpaired) electrons. The summed E-state index contributed by atoms with van der Waals surface area (Å²) in [5.41, 5.74) is 1.07. The van der Waals surface area contributed by atoms with E-state index in [2.05, 4.69) is 30.2 Å². The highest BCUT2D eigenvalue weighted by molar-refractivity contribution is 5.85. The molecule has 0 saturated heterocycles. The van der Waals surface area contributed by atoms with E-state index in [1.54, 1.807) is 0 Å².